The molecule has 1 amide bonds. The maximum absolute atomic E-state index is 12.2. The quantitative estimate of drug-likeness (QED) is 0.819. The smallest absolute Gasteiger partial charge is 0.244 e. The first-order valence-electron chi connectivity index (χ1n) is 7.81. The fourth-order valence-electron chi connectivity index (χ4n) is 2.46. The molecule has 4 heteroatoms. The maximum atomic E-state index is 12.2. The number of carbonyl (C=O) groups excluding carboxylic acids is 1. The number of methoxy groups -OCH3 is 2. The minimum Gasteiger partial charge on any atom is -0.497 e. The zero-order chi connectivity index (χ0) is 17.5. The molecular formula is C20H23NO3. The number of nitrogens with one attached hydrogen (secondary N) is 1. The lowest BCUT2D eigenvalue weighted by atomic mass is 10.1. The SMILES string of the molecule is COc1ccc(OC)c([C@H](C)NC(=O)/C=C/c2ccccc2C)c1. The van der Waals surface area contributed by atoms with Crippen molar-refractivity contribution in [3.63, 3.8) is 0 Å². The van der Waals surface area contributed by atoms with E-state index in [1.807, 2.05) is 62.4 Å². The summed E-state index contributed by atoms with van der Waals surface area (Å²) in [6, 6.07) is 13.3. The number of ether oxygens (including phenoxy) is 2. The van der Waals surface area contributed by atoms with Crippen LogP contribution in [0.5, 0.6) is 11.5 Å². The number of rotatable bonds is 6. The lowest BCUT2D eigenvalue weighted by molar-refractivity contribution is -0.117. The van der Waals surface area contributed by atoms with Crippen LogP contribution in [0.15, 0.2) is 48.5 Å². The standard InChI is InChI=1S/C20H23NO3/c1-14-7-5-6-8-16(14)9-12-20(22)21-15(2)18-13-17(23-3)10-11-19(18)24-4/h5-13,15H,1-4H3,(H,21,22)/b12-9+/t15-/m0/s1. The van der Waals surface area contributed by atoms with E-state index in [4.69, 9.17) is 9.47 Å². The molecule has 2 rings (SSSR count). The zero-order valence-electron chi connectivity index (χ0n) is 14.5. The molecule has 0 fully saturated rings. The minimum absolute atomic E-state index is 0.157. The van der Waals surface area contributed by atoms with Crippen molar-refractivity contribution in [1.82, 2.24) is 5.32 Å². The van der Waals surface area contributed by atoms with E-state index >= 15 is 0 Å². The third-order valence-electron chi connectivity index (χ3n) is 3.86. The molecular weight excluding hydrogens is 302 g/mol. The Morgan fingerprint density at radius 3 is 2.54 bits per heavy atom. The van der Waals surface area contributed by atoms with Gasteiger partial charge in [-0.1, -0.05) is 24.3 Å². The van der Waals surface area contributed by atoms with Crippen LogP contribution in [0.1, 0.15) is 29.7 Å². The average Bonchev–Trinajstić information content (AvgIpc) is 2.60. The van der Waals surface area contributed by atoms with Crippen LogP contribution in [0, 0.1) is 6.92 Å². The summed E-state index contributed by atoms with van der Waals surface area (Å²) in [5.41, 5.74) is 3.03. The zero-order valence-corrected chi connectivity index (χ0v) is 14.5. The highest BCUT2D eigenvalue weighted by Gasteiger charge is 2.14. The second-order valence-corrected chi connectivity index (χ2v) is 5.53. The molecule has 4 nitrogen and oxygen atoms in total. The van der Waals surface area contributed by atoms with E-state index in [-0.39, 0.29) is 11.9 Å². The van der Waals surface area contributed by atoms with Crippen LogP contribution in [-0.2, 0) is 4.79 Å². The summed E-state index contributed by atoms with van der Waals surface area (Å²) in [4.78, 5) is 12.2. The van der Waals surface area contributed by atoms with Crippen molar-refractivity contribution in [2.75, 3.05) is 14.2 Å². The Morgan fingerprint density at radius 2 is 1.88 bits per heavy atom. The molecule has 2 aromatic rings. The molecule has 0 unspecified atom stereocenters. The van der Waals surface area contributed by atoms with Crippen molar-refractivity contribution >= 4 is 12.0 Å². The van der Waals surface area contributed by atoms with Gasteiger partial charge in [0.05, 0.1) is 20.3 Å². The molecule has 1 N–H and O–H groups in total. The normalized spacial score (nSPS) is 12.0. The number of carbonyl (C=O) groups is 1. The third-order valence-corrected chi connectivity index (χ3v) is 3.86. The van der Waals surface area contributed by atoms with Gasteiger partial charge in [-0.05, 0) is 49.2 Å². The molecule has 0 spiro atoms. The largest absolute Gasteiger partial charge is 0.497 e. The molecule has 0 saturated heterocycles. The number of aryl methyl sites for hydroxylation is 1. The molecule has 0 aliphatic rings. The Labute approximate surface area is 143 Å². The van der Waals surface area contributed by atoms with E-state index in [9.17, 15) is 4.79 Å². The Bertz CT molecular complexity index is 737. The number of benzene rings is 2. The molecule has 126 valence electrons. The third kappa shape index (κ3) is 4.38. The second kappa shape index (κ2) is 8.20. The van der Waals surface area contributed by atoms with E-state index in [1.54, 1.807) is 20.3 Å². The molecule has 24 heavy (non-hydrogen) atoms. The molecule has 0 bridgehead atoms. The van der Waals surface area contributed by atoms with Crippen LogP contribution < -0.4 is 14.8 Å². The van der Waals surface area contributed by atoms with E-state index in [1.165, 1.54) is 0 Å². The van der Waals surface area contributed by atoms with Gasteiger partial charge in [-0.2, -0.15) is 0 Å². The summed E-state index contributed by atoms with van der Waals surface area (Å²) in [6.07, 6.45) is 3.37. The number of amides is 1. The lowest BCUT2D eigenvalue weighted by Gasteiger charge is -2.17. The minimum atomic E-state index is -0.205. The fourth-order valence-corrected chi connectivity index (χ4v) is 2.46. The van der Waals surface area contributed by atoms with Gasteiger partial charge in [-0.15, -0.1) is 0 Å². The molecule has 2 aromatic carbocycles. The Kier molecular flexibility index (Phi) is 6.01. The molecule has 0 aromatic heterocycles. The Hall–Kier alpha value is -2.75. The molecule has 0 radical (unpaired) electrons. The van der Waals surface area contributed by atoms with Crippen LogP contribution in [0.25, 0.3) is 6.08 Å². The van der Waals surface area contributed by atoms with Crippen LogP contribution >= 0.6 is 0 Å². The molecule has 0 heterocycles. The topological polar surface area (TPSA) is 47.6 Å². The van der Waals surface area contributed by atoms with E-state index < -0.39 is 0 Å². The van der Waals surface area contributed by atoms with Gasteiger partial charge in [0.1, 0.15) is 11.5 Å². The summed E-state index contributed by atoms with van der Waals surface area (Å²) in [5.74, 6) is 1.28. The van der Waals surface area contributed by atoms with E-state index in [2.05, 4.69) is 5.32 Å². The van der Waals surface area contributed by atoms with Gasteiger partial charge < -0.3 is 14.8 Å². The van der Waals surface area contributed by atoms with E-state index in [0.717, 1.165) is 22.4 Å². The van der Waals surface area contributed by atoms with Crippen LogP contribution in [0.2, 0.25) is 0 Å². The highest BCUT2D eigenvalue weighted by Crippen LogP contribution is 2.29. The van der Waals surface area contributed by atoms with Crippen LogP contribution in [-0.4, -0.2) is 20.1 Å². The van der Waals surface area contributed by atoms with Gasteiger partial charge in [0.2, 0.25) is 5.91 Å². The van der Waals surface area contributed by atoms with Crippen LogP contribution in [0.3, 0.4) is 0 Å². The first kappa shape index (κ1) is 17.6. The molecule has 0 aliphatic carbocycles. The number of hydrogen-bond acceptors (Lipinski definition) is 3. The van der Waals surface area contributed by atoms with Gasteiger partial charge in [-0.25, -0.2) is 0 Å². The van der Waals surface area contributed by atoms with Gasteiger partial charge in [0.15, 0.2) is 0 Å². The summed E-state index contributed by atoms with van der Waals surface area (Å²) < 4.78 is 10.6. The van der Waals surface area contributed by atoms with Gasteiger partial charge in [-0.3, -0.25) is 4.79 Å². The van der Waals surface area contributed by atoms with Crippen molar-refractivity contribution in [3.05, 3.63) is 65.2 Å². The Balaban J connectivity index is 2.10. The first-order chi connectivity index (χ1) is 11.5. The van der Waals surface area contributed by atoms with Crippen molar-refractivity contribution in [2.24, 2.45) is 0 Å². The van der Waals surface area contributed by atoms with E-state index in [0.29, 0.717) is 5.75 Å². The predicted octanol–water partition coefficient (Wildman–Crippen LogP) is 3.90. The Morgan fingerprint density at radius 1 is 1.12 bits per heavy atom. The number of hydrogen-bond donors (Lipinski definition) is 1. The molecule has 1 atom stereocenters. The second-order valence-electron chi connectivity index (χ2n) is 5.53. The van der Waals surface area contributed by atoms with Crippen molar-refractivity contribution < 1.29 is 14.3 Å². The molecule has 0 saturated carbocycles. The lowest BCUT2D eigenvalue weighted by Crippen LogP contribution is -2.25. The van der Waals surface area contributed by atoms with Gasteiger partial charge in [0, 0.05) is 11.6 Å². The molecule has 0 aliphatic heterocycles. The highest BCUT2D eigenvalue weighted by molar-refractivity contribution is 5.92. The summed E-state index contributed by atoms with van der Waals surface area (Å²) >= 11 is 0. The first-order valence-corrected chi connectivity index (χ1v) is 7.81. The summed E-state index contributed by atoms with van der Waals surface area (Å²) in [5, 5.41) is 2.95. The predicted molar refractivity (Wildman–Crippen MR) is 96.3 cm³/mol. The summed E-state index contributed by atoms with van der Waals surface area (Å²) in [6.45, 7) is 3.93. The fraction of sp³-hybridized carbons (Fsp3) is 0.250. The van der Waals surface area contributed by atoms with Crippen molar-refractivity contribution in [3.8, 4) is 11.5 Å². The maximum Gasteiger partial charge on any atom is 0.244 e. The monoisotopic (exact) mass is 325 g/mol. The van der Waals surface area contributed by atoms with Crippen molar-refractivity contribution in [2.45, 2.75) is 19.9 Å². The average molecular weight is 325 g/mol. The van der Waals surface area contributed by atoms with Gasteiger partial charge in [0.25, 0.3) is 0 Å². The highest BCUT2D eigenvalue weighted by atomic mass is 16.5. The van der Waals surface area contributed by atoms with Crippen molar-refractivity contribution in [1.29, 1.82) is 0 Å². The van der Waals surface area contributed by atoms with Crippen LogP contribution in [0.4, 0.5) is 0 Å². The summed E-state index contributed by atoms with van der Waals surface area (Å²) in [7, 11) is 3.22. The van der Waals surface area contributed by atoms with Gasteiger partial charge >= 0.3 is 0 Å².